The fourth-order valence-electron chi connectivity index (χ4n) is 1.77. The molecule has 0 amide bonds. The van der Waals surface area contributed by atoms with Crippen molar-refractivity contribution in [3.8, 4) is 0 Å². The fourth-order valence-corrected chi connectivity index (χ4v) is 2.71. The topological polar surface area (TPSA) is 37.3 Å². The predicted octanol–water partition coefficient (Wildman–Crippen LogP) is 2.08. The first-order valence-electron chi connectivity index (χ1n) is 5.24. The first-order chi connectivity index (χ1) is 7.81. The molecule has 1 unspecified atom stereocenters. The Bertz CT molecular complexity index is 503. The van der Waals surface area contributed by atoms with E-state index in [1.165, 1.54) is 5.39 Å². The summed E-state index contributed by atoms with van der Waals surface area (Å²) < 4.78 is 11.6. The number of aliphatic hydroxyl groups is 1. The molecule has 1 atom stereocenters. The Labute approximate surface area is 97.4 Å². The molecule has 0 aliphatic rings. The first-order valence-corrected chi connectivity index (χ1v) is 6.72. The Balaban J connectivity index is 2.33. The Morgan fingerprint density at radius 1 is 1.06 bits per heavy atom. The van der Waals surface area contributed by atoms with Gasteiger partial charge < -0.3 is 5.11 Å². The molecule has 0 aliphatic heterocycles. The second-order valence-electron chi connectivity index (χ2n) is 3.65. The molecule has 2 rings (SSSR count). The van der Waals surface area contributed by atoms with E-state index in [2.05, 4.69) is 0 Å². The van der Waals surface area contributed by atoms with E-state index in [0.29, 0.717) is 11.5 Å². The van der Waals surface area contributed by atoms with Crippen molar-refractivity contribution in [1.29, 1.82) is 0 Å². The van der Waals surface area contributed by atoms with Gasteiger partial charge in [0.05, 0.1) is 6.61 Å². The molecule has 0 heterocycles. The summed E-state index contributed by atoms with van der Waals surface area (Å²) in [5.41, 5.74) is 1.09. The van der Waals surface area contributed by atoms with Gasteiger partial charge in [-0.2, -0.15) is 0 Å². The van der Waals surface area contributed by atoms with Crippen LogP contribution in [0.4, 0.5) is 0 Å². The van der Waals surface area contributed by atoms with E-state index in [4.69, 9.17) is 5.11 Å². The summed E-state index contributed by atoms with van der Waals surface area (Å²) in [5.74, 6) is 0.866. The van der Waals surface area contributed by atoms with Gasteiger partial charge in [0.1, 0.15) is 0 Å². The van der Waals surface area contributed by atoms with Crippen LogP contribution in [-0.4, -0.2) is 21.7 Å². The smallest absolute Gasteiger partial charge is 0.0546 e. The second-order valence-corrected chi connectivity index (χ2v) is 5.23. The zero-order valence-corrected chi connectivity index (χ0v) is 9.74. The van der Waals surface area contributed by atoms with E-state index in [9.17, 15) is 4.21 Å². The molecular formula is C13H14O2S. The number of fused-ring (bicyclic) bond motifs is 1. The molecule has 2 nitrogen and oxygen atoms in total. The molecule has 0 spiro atoms. The van der Waals surface area contributed by atoms with E-state index in [0.717, 1.165) is 10.9 Å². The summed E-state index contributed by atoms with van der Waals surface area (Å²) in [6.07, 6.45) is 0. The van der Waals surface area contributed by atoms with Gasteiger partial charge >= 0.3 is 0 Å². The quantitative estimate of drug-likeness (QED) is 0.879. The lowest BCUT2D eigenvalue weighted by atomic mass is 10.1. The Hall–Kier alpha value is -1.19. The van der Waals surface area contributed by atoms with Gasteiger partial charge in [0.15, 0.2) is 0 Å². The van der Waals surface area contributed by atoms with Crippen LogP contribution in [-0.2, 0) is 16.6 Å². The Morgan fingerprint density at radius 2 is 1.81 bits per heavy atom. The van der Waals surface area contributed by atoms with Crippen molar-refractivity contribution >= 4 is 21.6 Å². The lowest BCUT2D eigenvalue weighted by Crippen LogP contribution is -2.04. The average molecular weight is 234 g/mol. The Morgan fingerprint density at radius 3 is 2.62 bits per heavy atom. The minimum absolute atomic E-state index is 0.0165. The van der Waals surface area contributed by atoms with Crippen LogP contribution in [0.1, 0.15) is 5.56 Å². The highest BCUT2D eigenvalue weighted by Gasteiger charge is 2.04. The molecule has 3 heteroatoms. The third-order valence-electron chi connectivity index (χ3n) is 2.52. The number of aliphatic hydroxyl groups excluding tert-OH is 1. The SMILES string of the molecule is O=S(CCO)Cc1cccc2ccccc12. The molecular weight excluding hydrogens is 220 g/mol. The summed E-state index contributed by atoms with van der Waals surface area (Å²) in [5, 5.41) is 11.1. The largest absolute Gasteiger partial charge is 0.395 e. The minimum atomic E-state index is -0.977. The van der Waals surface area contributed by atoms with Crippen molar-refractivity contribution in [1.82, 2.24) is 0 Å². The van der Waals surface area contributed by atoms with Crippen LogP contribution < -0.4 is 0 Å². The third kappa shape index (κ3) is 2.49. The summed E-state index contributed by atoms with van der Waals surface area (Å²) in [7, 11) is -0.977. The molecule has 0 aromatic heterocycles. The highest BCUT2D eigenvalue weighted by Crippen LogP contribution is 2.19. The van der Waals surface area contributed by atoms with Gasteiger partial charge in [-0.25, -0.2) is 0 Å². The lowest BCUT2D eigenvalue weighted by Gasteiger charge is -2.05. The maximum absolute atomic E-state index is 11.6. The van der Waals surface area contributed by atoms with Crippen molar-refractivity contribution in [2.75, 3.05) is 12.4 Å². The normalized spacial score (nSPS) is 12.8. The summed E-state index contributed by atoms with van der Waals surface area (Å²) in [4.78, 5) is 0. The molecule has 0 fully saturated rings. The monoisotopic (exact) mass is 234 g/mol. The maximum atomic E-state index is 11.6. The molecule has 2 aromatic carbocycles. The van der Waals surface area contributed by atoms with Crippen LogP contribution in [0.15, 0.2) is 42.5 Å². The Kier molecular flexibility index (Phi) is 3.70. The van der Waals surface area contributed by atoms with Gasteiger partial charge in [-0.15, -0.1) is 0 Å². The van der Waals surface area contributed by atoms with Crippen molar-refractivity contribution < 1.29 is 9.32 Å². The first kappa shape index (κ1) is 11.3. The third-order valence-corrected chi connectivity index (χ3v) is 3.79. The number of hydrogen-bond donors (Lipinski definition) is 1. The van der Waals surface area contributed by atoms with Crippen LogP contribution in [0.5, 0.6) is 0 Å². The lowest BCUT2D eigenvalue weighted by molar-refractivity contribution is 0.321. The zero-order valence-electron chi connectivity index (χ0n) is 8.93. The van der Waals surface area contributed by atoms with Gasteiger partial charge in [-0.05, 0) is 16.3 Å². The van der Waals surface area contributed by atoms with Gasteiger partial charge in [0, 0.05) is 22.3 Å². The summed E-state index contributed by atoms with van der Waals surface area (Å²) >= 11 is 0. The second kappa shape index (κ2) is 5.23. The van der Waals surface area contributed by atoms with Gasteiger partial charge in [-0.3, -0.25) is 4.21 Å². The number of benzene rings is 2. The van der Waals surface area contributed by atoms with Crippen molar-refractivity contribution in [2.24, 2.45) is 0 Å². The van der Waals surface area contributed by atoms with E-state index >= 15 is 0 Å². The van der Waals surface area contributed by atoms with Crippen molar-refractivity contribution in [3.63, 3.8) is 0 Å². The van der Waals surface area contributed by atoms with E-state index < -0.39 is 10.8 Å². The standard InChI is InChI=1S/C13H14O2S/c14-8-9-16(15)10-12-6-3-5-11-4-1-2-7-13(11)12/h1-7,14H,8-10H2. The molecule has 84 valence electrons. The van der Waals surface area contributed by atoms with E-state index in [-0.39, 0.29) is 6.61 Å². The molecule has 0 saturated carbocycles. The molecule has 1 N–H and O–H groups in total. The number of rotatable bonds is 4. The molecule has 2 aromatic rings. The molecule has 0 bridgehead atoms. The average Bonchev–Trinajstić information content (AvgIpc) is 2.30. The minimum Gasteiger partial charge on any atom is -0.395 e. The maximum Gasteiger partial charge on any atom is 0.0546 e. The predicted molar refractivity (Wildman–Crippen MR) is 67.7 cm³/mol. The van der Waals surface area contributed by atoms with Crippen LogP contribution in [0, 0.1) is 0 Å². The van der Waals surface area contributed by atoms with Gasteiger partial charge in [-0.1, -0.05) is 42.5 Å². The molecule has 0 saturated heterocycles. The van der Waals surface area contributed by atoms with Crippen molar-refractivity contribution in [3.05, 3.63) is 48.0 Å². The van der Waals surface area contributed by atoms with Crippen LogP contribution in [0.3, 0.4) is 0 Å². The summed E-state index contributed by atoms with van der Waals surface area (Å²) in [6.45, 7) is -0.0165. The molecule has 16 heavy (non-hydrogen) atoms. The highest BCUT2D eigenvalue weighted by atomic mass is 32.2. The summed E-state index contributed by atoms with van der Waals surface area (Å²) in [6, 6.07) is 14.1. The molecule has 0 aliphatic carbocycles. The van der Waals surface area contributed by atoms with Crippen LogP contribution in [0.25, 0.3) is 10.8 Å². The van der Waals surface area contributed by atoms with Gasteiger partial charge in [0.25, 0.3) is 0 Å². The van der Waals surface area contributed by atoms with E-state index in [1.807, 2.05) is 42.5 Å². The zero-order chi connectivity index (χ0) is 11.4. The van der Waals surface area contributed by atoms with Crippen molar-refractivity contribution in [2.45, 2.75) is 5.75 Å². The van der Waals surface area contributed by atoms with Crippen LogP contribution >= 0.6 is 0 Å². The highest BCUT2D eigenvalue weighted by molar-refractivity contribution is 7.84. The molecule has 0 radical (unpaired) electrons. The fraction of sp³-hybridized carbons (Fsp3) is 0.231. The number of hydrogen-bond acceptors (Lipinski definition) is 2. The van der Waals surface area contributed by atoms with E-state index in [1.54, 1.807) is 0 Å². The van der Waals surface area contributed by atoms with Gasteiger partial charge in [0.2, 0.25) is 0 Å². The van der Waals surface area contributed by atoms with Crippen LogP contribution in [0.2, 0.25) is 0 Å².